The molecule has 0 aliphatic heterocycles. The number of carbonyl (C=O) groups is 1. The number of hydrogen-bond donors (Lipinski definition) is 2. The number of rotatable bonds is 2. The number of fused-ring (bicyclic) bond motifs is 1. The van der Waals surface area contributed by atoms with Crippen LogP contribution >= 0.6 is 15.9 Å². The maximum atomic E-state index is 11.9. The maximum Gasteiger partial charge on any atom is 0.291 e. The van der Waals surface area contributed by atoms with Gasteiger partial charge in [0.15, 0.2) is 10.4 Å². The molecular formula is C12H8BrN3O2. The van der Waals surface area contributed by atoms with Gasteiger partial charge in [0.25, 0.3) is 5.91 Å². The summed E-state index contributed by atoms with van der Waals surface area (Å²) in [5, 5.41) is 10.5. The monoisotopic (exact) mass is 305 g/mol. The highest BCUT2D eigenvalue weighted by Crippen LogP contribution is 2.19. The Morgan fingerprint density at radius 2 is 2.22 bits per heavy atom. The lowest BCUT2D eigenvalue weighted by molar-refractivity contribution is 0.0995. The standard InChI is InChI=1S/C12H8BrN3O2/c13-11-4-3-10(18-11)12(17)15-8-2-1-7-6-14-16-9(7)5-8/h1-6H,(H,14,16)(H,15,17). The first-order valence-electron chi connectivity index (χ1n) is 5.22. The Bertz CT molecular complexity index is 717. The fourth-order valence-electron chi connectivity index (χ4n) is 1.64. The number of halogens is 1. The zero-order chi connectivity index (χ0) is 12.5. The number of benzene rings is 1. The third-order valence-corrected chi connectivity index (χ3v) is 2.92. The lowest BCUT2D eigenvalue weighted by Gasteiger charge is -2.02. The van der Waals surface area contributed by atoms with Crippen LogP contribution in [0.25, 0.3) is 10.9 Å². The van der Waals surface area contributed by atoms with E-state index in [1.54, 1.807) is 18.3 Å². The zero-order valence-electron chi connectivity index (χ0n) is 9.11. The minimum absolute atomic E-state index is 0.256. The van der Waals surface area contributed by atoms with Crippen molar-refractivity contribution in [2.45, 2.75) is 0 Å². The van der Waals surface area contributed by atoms with Gasteiger partial charge in [0.2, 0.25) is 0 Å². The molecule has 6 heteroatoms. The molecule has 2 heterocycles. The smallest absolute Gasteiger partial charge is 0.291 e. The molecule has 0 aliphatic rings. The van der Waals surface area contributed by atoms with Crippen LogP contribution < -0.4 is 5.32 Å². The van der Waals surface area contributed by atoms with Gasteiger partial charge < -0.3 is 9.73 Å². The van der Waals surface area contributed by atoms with Gasteiger partial charge in [-0.15, -0.1) is 0 Å². The van der Waals surface area contributed by atoms with Crippen LogP contribution in [0.3, 0.4) is 0 Å². The molecule has 0 bridgehead atoms. The molecule has 2 aromatic heterocycles. The number of furan rings is 1. The molecule has 0 fully saturated rings. The summed E-state index contributed by atoms with van der Waals surface area (Å²) in [6.07, 6.45) is 1.73. The SMILES string of the molecule is O=C(Nc1ccc2cn[nH]c2c1)c1ccc(Br)o1. The summed E-state index contributed by atoms with van der Waals surface area (Å²) in [5.74, 6) is -0.0360. The molecule has 0 saturated carbocycles. The van der Waals surface area contributed by atoms with Crippen molar-refractivity contribution in [2.75, 3.05) is 5.32 Å². The Labute approximate surface area is 110 Å². The van der Waals surface area contributed by atoms with Crippen LogP contribution in [0.4, 0.5) is 5.69 Å². The van der Waals surface area contributed by atoms with Crippen LogP contribution in [-0.4, -0.2) is 16.1 Å². The molecule has 0 radical (unpaired) electrons. The number of amides is 1. The quantitative estimate of drug-likeness (QED) is 0.764. The van der Waals surface area contributed by atoms with E-state index in [-0.39, 0.29) is 11.7 Å². The molecule has 1 amide bonds. The highest BCUT2D eigenvalue weighted by molar-refractivity contribution is 9.10. The van der Waals surface area contributed by atoms with E-state index in [0.29, 0.717) is 10.4 Å². The average Bonchev–Trinajstić information content (AvgIpc) is 2.96. The molecule has 18 heavy (non-hydrogen) atoms. The number of nitrogens with one attached hydrogen (secondary N) is 2. The van der Waals surface area contributed by atoms with Crippen LogP contribution in [0.1, 0.15) is 10.6 Å². The molecule has 0 aliphatic carbocycles. The molecule has 0 atom stereocenters. The molecule has 5 nitrogen and oxygen atoms in total. The predicted octanol–water partition coefficient (Wildman–Crippen LogP) is 3.17. The average molecular weight is 306 g/mol. The molecule has 90 valence electrons. The van der Waals surface area contributed by atoms with E-state index in [2.05, 4.69) is 31.4 Å². The second-order valence-corrected chi connectivity index (χ2v) is 4.51. The number of aromatic nitrogens is 2. The van der Waals surface area contributed by atoms with E-state index in [0.717, 1.165) is 10.9 Å². The van der Waals surface area contributed by atoms with E-state index in [1.807, 2.05) is 18.2 Å². The van der Waals surface area contributed by atoms with E-state index in [9.17, 15) is 4.79 Å². The summed E-state index contributed by atoms with van der Waals surface area (Å²) >= 11 is 3.15. The van der Waals surface area contributed by atoms with Crippen molar-refractivity contribution < 1.29 is 9.21 Å². The number of H-pyrrole nitrogens is 1. The Morgan fingerprint density at radius 1 is 1.33 bits per heavy atom. The Hall–Kier alpha value is -2.08. The number of nitrogens with zero attached hydrogens (tertiary/aromatic N) is 1. The number of carbonyl (C=O) groups excluding carboxylic acids is 1. The summed E-state index contributed by atoms with van der Waals surface area (Å²) in [5.41, 5.74) is 1.55. The van der Waals surface area contributed by atoms with Gasteiger partial charge in [0.05, 0.1) is 11.7 Å². The molecule has 3 rings (SSSR count). The largest absolute Gasteiger partial charge is 0.444 e. The Morgan fingerprint density at radius 3 is 3.00 bits per heavy atom. The first-order chi connectivity index (χ1) is 8.72. The van der Waals surface area contributed by atoms with Gasteiger partial charge >= 0.3 is 0 Å². The summed E-state index contributed by atoms with van der Waals surface area (Å²) in [4.78, 5) is 11.9. The molecule has 1 aromatic carbocycles. The fourth-order valence-corrected chi connectivity index (χ4v) is 1.95. The summed E-state index contributed by atoms with van der Waals surface area (Å²) < 4.78 is 5.70. The highest BCUT2D eigenvalue weighted by Gasteiger charge is 2.10. The number of hydrogen-bond acceptors (Lipinski definition) is 3. The number of anilines is 1. The molecule has 0 saturated heterocycles. The molecule has 0 unspecified atom stereocenters. The van der Waals surface area contributed by atoms with Crippen molar-refractivity contribution in [3.05, 3.63) is 47.0 Å². The summed E-state index contributed by atoms with van der Waals surface area (Å²) in [6, 6.07) is 8.79. The molecule has 0 spiro atoms. The van der Waals surface area contributed by atoms with E-state index in [1.165, 1.54) is 0 Å². The first-order valence-corrected chi connectivity index (χ1v) is 6.01. The van der Waals surface area contributed by atoms with Crippen molar-refractivity contribution in [2.24, 2.45) is 0 Å². The van der Waals surface area contributed by atoms with Gasteiger partial charge in [-0.1, -0.05) is 0 Å². The van der Waals surface area contributed by atoms with Gasteiger partial charge in [0.1, 0.15) is 0 Å². The topological polar surface area (TPSA) is 70.9 Å². The van der Waals surface area contributed by atoms with Gasteiger partial charge in [-0.3, -0.25) is 9.89 Å². The van der Waals surface area contributed by atoms with Crippen molar-refractivity contribution in [1.29, 1.82) is 0 Å². The van der Waals surface area contributed by atoms with Crippen molar-refractivity contribution in [1.82, 2.24) is 10.2 Å². The summed E-state index contributed by atoms with van der Waals surface area (Å²) in [6.45, 7) is 0. The van der Waals surface area contributed by atoms with Crippen LogP contribution in [0, 0.1) is 0 Å². The lowest BCUT2D eigenvalue weighted by atomic mass is 10.2. The minimum atomic E-state index is -0.292. The highest BCUT2D eigenvalue weighted by atomic mass is 79.9. The first kappa shape index (κ1) is 11.0. The minimum Gasteiger partial charge on any atom is -0.444 e. The van der Waals surface area contributed by atoms with Crippen molar-refractivity contribution >= 4 is 38.4 Å². The lowest BCUT2D eigenvalue weighted by Crippen LogP contribution is -2.10. The van der Waals surface area contributed by atoms with Crippen LogP contribution in [0.2, 0.25) is 0 Å². The molecular weight excluding hydrogens is 298 g/mol. The van der Waals surface area contributed by atoms with Crippen molar-refractivity contribution in [3.63, 3.8) is 0 Å². The van der Waals surface area contributed by atoms with Crippen LogP contribution in [-0.2, 0) is 0 Å². The molecule has 3 aromatic rings. The van der Waals surface area contributed by atoms with Gasteiger partial charge in [-0.25, -0.2) is 0 Å². The fraction of sp³-hybridized carbons (Fsp3) is 0. The maximum absolute atomic E-state index is 11.9. The van der Waals surface area contributed by atoms with Gasteiger partial charge in [-0.05, 0) is 46.3 Å². The van der Waals surface area contributed by atoms with E-state index >= 15 is 0 Å². The van der Waals surface area contributed by atoms with Crippen LogP contribution in [0.5, 0.6) is 0 Å². The second kappa shape index (κ2) is 4.30. The van der Waals surface area contributed by atoms with Gasteiger partial charge in [-0.2, -0.15) is 5.10 Å². The normalized spacial score (nSPS) is 10.7. The summed E-state index contributed by atoms with van der Waals surface area (Å²) in [7, 11) is 0. The van der Waals surface area contributed by atoms with Gasteiger partial charge in [0, 0.05) is 11.1 Å². The van der Waals surface area contributed by atoms with E-state index in [4.69, 9.17) is 4.42 Å². The van der Waals surface area contributed by atoms with Crippen molar-refractivity contribution in [3.8, 4) is 0 Å². The molecule has 2 N–H and O–H groups in total. The van der Waals surface area contributed by atoms with E-state index < -0.39 is 0 Å². The Balaban J connectivity index is 1.85. The number of aromatic amines is 1. The third kappa shape index (κ3) is 2.02. The predicted molar refractivity (Wildman–Crippen MR) is 70.5 cm³/mol. The van der Waals surface area contributed by atoms with Crippen LogP contribution in [0.15, 0.2) is 45.6 Å². The zero-order valence-corrected chi connectivity index (χ0v) is 10.7. The second-order valence-electron chi connectivity index (χ2n) is 3.73. The Kier molecular flexibility index (Phi) is 2.64. The third-order valence-electron chi connectivity index (χ3n) is 2.50.